The van der Waals surface area contributed by atoms with Crippen LogP contribution in [0.25, 0.3) is 0 Å². The Bertz CT molecular complexity index is 846. The second-order valence-electron chi connectivity index (χ2n) is 5.85. The van der Waals surface area contributed by atoms with Gasteiger partial charge in [-0.25, -0.2) is 12.7 Å². The summed E-state index contributed by atoms with van der Waals surface area (Å²) in [5.74, 6) is 0.143. The van der Waals surface area contributed by atoms with E-state index in [-0.39, 0.29) is 10.6 Å². The Labute approximate surface area is 148 Å². The lowest BCUT2D eigenvalue weighted by molar-refractivity contribution is -0.122. The Morgan fingerprint density at radius 2 is 1.68 bits per heavy atom. The molecule has 0 saturated heterocycles. The molecular formula is C18H22N2O4S. The first kappa shape index (κ1) is 19.0. The average Bonchev–Trinajstić information content (AvgIpc) is 2.57. The molecule has 0 aliphatic carbocycles. The van der Waals surface area contributed by atoms with Gasteiger partial charge >= 0.3 is 0 Å². The van der Waals surface area contributed by atoms with Crippen molar-refractivity contribution in [3.05, 3.63) is 54.1 Å². The Balaban J connectivity index is 2.16. The van der Waals surface area contributed by atoms with Crippen LogP contribution in [0.4, 0.5) is 5.69 Å². The summed E-state index contributed by atoms with van der Waals surface area (Å²) >= 11 is 0. The van der Waals surface area contributed by atoms with E-state index < -0.39 is 22.0 Å². The molecule has 25 heavy (non-hydrogen) atoms. The minimum atomic E-state index is -3.66. The van der Waals surface area contributed by atoms with Gasteiger partial charge in [0.1, 0.15) is 10.6 Å². The van der Waals surface area contributed by atoms with Crippen molar-refractivity contribution in [2.75, 3.05) is 19.4 Å². The van der Waals surface area contributed by atoms with Crippen molar-refractivity contribution in [1.82, 2.24) is 4.31 Å². The fraction of sp³-hybridized carbons (Fsp3) is 0.278. The van der Waals surface area contributed by atoms with Crippen molar-refractivity contribution >= 4 is 21.6 Å². The van der Waals surface area contributed by atoms with Crippen LogP contribution in [0.5, 0.6) is 5.75 Å². The first-order valence-corrected chi connectivity index (χ1v) is 9.21. The molecule has 0 radical (unpaired) electrons. The fourth-order valence-electron chi connectivity index (χ4n) is 2.10. The molecule has 0 aliphatic rings. The largest absolute Gasteiger partial charge is 0.481 e. The van der Waals surface area contributed by atoms with E-state index in [0.29, 0.717) is 5.75 Å². The minimum Gasteiger partial charge on any atom is -0.481 e. The van der Waals surface area contributed by atoms with Crippen molar-refractivity contribution in [3.8, 4) is 5.75 Å². The molecule has 2 aromatic carbocycles. The van der Waals surface area contributed by atoms with Crippen LogP contribution in [0.1, 0.15) is 12.5 Å². The van der Waals surface area contributed by atoms with Gasteiger partial charge in [-0.1, -0.05) is 29.8 Å². The summed E-state index contributed by atoms with van der Waals surface area (Å²) in [6.45, 7) is 3.57. The van der Waals surface area contributed by atoms with Gasteiger partial charge in [-0.3, -0.25) is 4.79 Å². The number of carbonyl (C=O) groups excluding carboxylic acids is 1. The summed E-state index contributed by atoms with van der Waals surface area (Å²) < 4.78 is 31.4. The van der Waals surface area contributed by atoms with Crippen molar-refractivity contribution in [3.63, 3.8) is 0 Å². The third-order valence-corrected chi connectivity index (χ3v) is 5.48. The van der Waals surface area contributed by atoms with Crippen LogP contribution in [0.3, 0.4) is 0 Å². The third-order valence-electron chi connectivity index (χ3n) is 3.61. The SMILES string of the molecule is Cc1ccc(OC(C)C(=O)Nc2ccccc2S(=O)(=O)N(C)C)cc1. The number of nitrogens with zero attached hydrogens (tertiary/aromatic N) is 1. The number of carbonyl (C=O) groups is 1. The zero-order chi connectivity index (χ0) is 18.6. The molecule has 6 nitrogen and oxygen atoms in total. The number of hydrogen-bond donors (Lipinski definition) is 1. The average molecular weight is 362 g/mol. The van der Waals surface area contributed by atoms with Gasteiger partial charge in [-0.05, 0) is 38.1 Å². The number of rotatable bonds is 6. The first-order valence-electron chi connectivity index (χ1n) is 7.77. The number of hydrogen-bond acceptors (Lipinski definition) is 4. The molecule has 0 fully saturated rings. The van der Waals surface area contributed by atoms with Crippen molar-refractivity contribution in [1.29, 1.82) is 0 Å². The molecule has 2 rings (SSSR count). The topological polar surface area (TPSA) is 75.7 Å². The highest BCUT2D eigenvalue weighted by Gasteiger charge is 2.23. The number of ether oxygens (including phenoxy) is 1. The smallest absolute Gasteiger partial charge is 0.265 e. The number of sulfonamides is 1. The van der Waals surface area contributed by atoms with Gasteiger partial charge in [-0.15, -0.1) is 0 Å². The van der Waals surface area contributed by atoms with Crippen LogP contribution in [0.15, 0.2) is 53.4 Å². The van der Waals surface area contributed by atoms with E-state index in [1.807, 2.05) is 19.1 Å². The van der Waals surface area contributed by atoms with Crippen LogP contribution in [0.2, 0.25) is 0 Å². The molecule has 7 heteroatoms. The van der Waals surface area contributed by atoms with Gasteiger partial charge in [0.15, 0.2) is 6.10 Å². The van der Waals surface area contributed by atoms with E-state index in [9.17, 15) is 13.2 Å². The second-order valence-corrected chi connectivity index (χ2v) is 7.97. The van der Waals surface area contributed by atoms with Gasteiger partial charge in [0.2, 0.25) is 10.0 Å². The molecule has 0 saturated carbocycles. The first-order chi connectivity index (χ1) is 11.7. The maximum atomic E-state index is 12.4. The third kappa shape index (κ3) is 4.58. The molecule has 0 heterocycles. The number of nitrogens with one attached hydrogen (secondary N) is 1. The summed E-state index contributed by atoms with van der Waals surface area (Å²) in [6.07, 6.45) is -0.780. The molecule has 2 aromatic rings. The Morgan fingerprint density at radius 1 is 1.08 bits per heavy atom. The number of benzene rings is 2. The maximum Gasteiger partial charge on any atom is 0.265 e. The van der Waals surface area contributed by atoms with Gasteiger partial charge in [-0.2, -0.15) is 0 Å². The number of aryl methyl sites for hydroxylation is 1. The van der Waals surface area contributed by atoms with Crippen LogP contribution in [-0.4, -0.2) is 38.8 Å². The lowest BCUT2D eigenvalue weighted by atomic mass is 10.2. The fourth-order valence-corrected chi connectivity index (χ4v) is 3.14. The monoisotopic (exact) mass is 362 g/mol. The van der Waals surface area contributed by atoms with Crippen LogP contribution in [0, 0.1) is 6.92 Å². The van der Waals surface area contributed by atoms with Crippen LogP contribution >= 0.6 is 0 Å². The van der Waals surface area contributed by atoms with Gasteiger partial charge in [0, 0.05) is 14.1 Å². The predicted molar refractivity (Wildman–Crippen MR) is 97.2 cm³/mol. The van der Waals surface area contributed by atoms with Gasteiger partial charge < -0.3 is 10.1 Å². The summed E-state index contributed by atoms with van der Waals surface area (Å²) in [5.41, 5.74) is 1.31. The zero-order valence-electron chi connectivity index (χ0n) is 14.7. The van der Waals surface area contributed by atoms with Crippen LogP contribution < -0.4 is 10.1 Å². The summed E-state index contributed by atoms with van der Waals surface area (Å²) in [5, 5.41) is 2.63. The normalized spacial score (nSPS) is 12.7. The van der Waals surface area contributed by atoms with E-state index in [2.05, 4.69) is 5.32 Å². The van der Waals surface area contributed by atoms with E-state index in [0.717, 1.165) is 9.87 Å². The molecule has 1 atom stereocenters. The standard InChI is InChI=1S/C18H22N2O4S/c1-13-9-11-15(12-10-13)24-14(2)18(21)19-16-7-5-6-8-17(16)25(22,23)20(3)4/h5-12,14H,1-4H3,(H,19,21). The zero-order valence-corrected chi connectivity index (χ0v) is 15.5. The Morgan fingerprint density at radius 3 is 2.28 bits per heavy atom. The highest BCUT2D eigenvalue weighted by Crippen LogP contribution is 2.23. The predicted octanol–water partition coefficient (Wildman–Crippen LogP) is 2.65. The van der Waals surface area contributed by atoms with E-state index >= 15 is 0 Å². The molecule has 1 unspecified atom stereocenters. The lowest BCUT2D eigenvalue weighted by Gasteiger charge is -2.18. The van der Waals surface area contributed by atoms with Crippen molar-refractivity contribution in [2.24, 2.45) is 0 Å². The highest BCUT2D eigenvalue weighted by atomic mass is 32.2. The Kier molecular flexibility index (Phi) is 5.81. The summed E-state index contributed by atoms with van der Waals surface area (Å²) in [6, 6.07) is 13.6. The highest BCUT2D eigenvalue weighted by molar-refractivity contribution is 7.89. The van der Waals surface area contributed by atoms with E-state index in [1.165, 1.54) is 20.2 Å². The minimum absolute atomic E-state index is 0.0379. The number of para-hydroxylation sites is 1. The van der Waals surface area contributed by atoms with Gasteiger partial charge in [0.05, 0.1) is 5.69 Å². The van der Waals surface area contributed by atoms with Crippen molar-refractivity contribution < 1.29 is 17.9 Å². The van der Waals surface area contributed by atoms with Crippen LogP contribution in [-0.2, 0) is 14.8 Å². The molecular weight excluding hydrogens is 340 g/mol. The van der Waals surface area contributed by atoms with E-state index in [1.54, 1.807) is 37.3 Å². The molecule has 0 aliphatic heterocycles. The molecule has 0 aromatic heterocycles. The maximum absolute atomic E-state index is 12.4. The summed E-state index contributed by atoms with van der Waals surface area (Å²) in [7, 11) is -0.782. The lowest BCUT2D eigenvalue weighted by Crippen LogP contribution is -2.31. The van der Waals surface area contributed by atoms with Gasteiger partial charge in [0.25, 0.3) is 5.91 Å². The number of amides is 1. The second kappa shape index (κ2) is 7.67. The molecule has 1 amide bonds. The van der Waals surface area contributed by atoms with E-state index in [4.69, 9.17) is 4.74 Å². The molecule has 134 valence electrons. The molecule has 0 bridgehead atoms. The number of anilines is 1. The van der Waals surface area contributed by atoms with Crippen molar-refractivity contribution in [2.45, 2.75) is 24.8 Å². The Hall–Kier alpha value is -2.38. The molecule has 0 spiro atoms. The summed E-state index contributed by atoms with van der Waals surface area (Å²) in [4.78, 5) is 12.4. The quantitative estimate of drug-likeness (QED) is 0.857. The molecule has 1 N–H and O–H groups in total.